The molecule has 0 atom stereocenters. The molecule has 1 N–H and O–H groups in total. The van der Waals surface area contributed by atoms with Gasteiger partial charge in [-0.2, -0.15) is 0 Å². The molecule has 1 fully saturated rings. The second kappa shape index (κ2) is 8.38. The van der Waals surface area contributed by atoms with Crippen LogP contribution in [-0.2, 0) is 14.3 Å². The molecule has 0 saturated carbocycles. The minimum absolute atomic E-state index is 0.430. The number of benzene rings is 1. The Hall–Kier alpha value is -2.28. The van der Waals surface area contributed by atoms with Crippen molar-refractivity contribution in [3.63, 3.8) is 0 Å². The van der Waals surface area contributed by atoms with Gasteiger partial charge in [0, 0.05) is 24.8 Å². The molecule has 0 bridgehead atoms. The van der Waals surface area contributed by atoms with E-state index in [4.69, 9.17) is 14.2 Å². The van der Waals surface area contributed by atoms with E-state index in [0.29, 0.717) is 56.7 Å². The Bertz CT molecular complexity index is 555. The average molecular weight is 322 g/mol. The smallest absolute Gasteiger partial charge is 0.313 e. The van der Waals surface area contributed by atoms with Crippen molar-refractivity contribution in [3.05, 3.63) is 18.2 Å². The van der Waals surface area contributed by atoms with Crippen LogP contribution in [0.3, 0.4) is 0 Å². The lowest BCUT2D eigenvalue weighted by molar-refractivity contribution is -0.145. The molecule has 1 aromatic rings. The second-order valence-corrected chi connectivity index (χ2v) is 4.89. The van der Waals surface area contributed by atoms with Crippen molar-refractivity contribution in [2.24, 2.45) is 0 Å². The van der Waals surface area contributed by atoms with E-state index in [1.54, 1.807) is 18.2 Å². The maximum Gasteiger partial charge on any atom is 0.313 e. The maximum absolute atomic E-state index is 12.1. The van der Waals surface area contributed by atoms with Gasteiger partial charge >= 0.3 is 11.8 Å². The molecule has 126 valence electrons. The van der Waals surface area contributed by atoms with Crippen LogP contribution in [0, 0.1) is 0 Å². The molecule has 2 rings (SSSR count). The van der Waals surface area contributed by atoms with E-state index in [-0.39, 0.29) is 0 Å². The van der Waals surface area contributed by atoms with Gasteiger partial charge in [-0.1, -0.05) is 0 Å². The van der Waals surface area contributed by atoms with Gasteiger partial charge in [-0.25, -0.2) is 0 Å². The largest absolute Gasteiger partial charge is 0.490 e. The molecular formula is C16H22N2O5. The van der Waals surface area contributed by atoms with Gasteiger partial charge in [0.15, 0.2) is 11.5 Å². The topological polar surface area (TPSA) is 77.1 Å². The highest BCUT2D eigenvalue weighted by Crippen LogP contribution is 2.30. The number of hydrogen-bond acceptors (Lipinski definition) is 5. The summed E-state index contributed by atoms with van der Waals surface area (Å²) in [5, 5.41) is 2.60. The molecule has 0 aliphatic carbocycles. The maximum atomic E-state index is 12.1. The zero-order chi connectivity index (χ0) is 16.7. The highest BCUT2D eigenvalue weighted by atomic mass is 16.5. The van der Waals surface area contributed by atoms with Gasteiger partial charge in [0.05, 0.1) is 26.4 Å². The van der Waals surface area contributed by atoms with Crippen molar-refractivity contribution in [1.29, 1.82) is 0 Å². The summed E-state index contributed by atoms with van der Waals surface area (Å²) in [7, 11) is 0. The number of morpholine rings is 1. The van der Waals surface area contributed by atoms with E-state index in [9.17, 15) is 9.59 Å². The first-order chi connectivity index (χ1) is 11.2. The number of ether oxygens (including phenoxy) is 3. The fourth-order valence-corrected chi connectivity index (χ4v) is 2.22. The summed E-state index contributed by atoms with van der Waals surface area (Å²) < 4.78 is 16.1. The van der Waals surface area contributed by atoms with E-state index >= 15 is 0 Å². The minimum Gasteiger partial charge on any atom is -0.490 e. The van der Waals surface area contributed by atoms with Gasteiger partial charge in [-0.3, -0.25) is 9.59 Å². The van der Waals surface area contributed by atoms with Crippen molar-refractivity contribution in [2.75, 3.05) is 44.8 Å². The number of nitrogens with one attached hydrogen (secondary N) is 1. The third-order valence-corrected chi connectivity index (χ3v) is 3.29. The molecule has 0 radical (unpaired) electrons. The summed E-state index contributed by atoms with van der Waals surface area (Å²) >= 11 is 0. The van der Waals surface area contributed by atoms with Gasteiger partial charge in [-0.05, 0) is 26.0 Å². The Morgan fingerprint density at radius 2 is 1.78 bits per heavy atom. The van der Waals surface area contributed by atoms with E-state index < -0.39 is 11.8 Å². The average Bonchev–Trinajstić information content (AvgIpc) is 2.57. The van der Waals surface area contributed by atoms with Crippen LogP contribution in [0.1, 0.15) is 13.8 Å². The Labute approximate surface area is 135 Å². The molecule has 0 aromatic heterocycles. The number of hydrogen-bond donors (Lipinski definition) is 1. The fraction of sp³-hybridized carbons (Fsp3) is 0.500. The van der Waals surface area contributed by atoms with Gasteiger partial charge in [-0.15, -0.1) is 0 Å². The molecule has 1 heterocycles. The number of carbonyl (C=O) groups excluding carboxylic acids is 2. The first-order valence-electron chi connectivity index (χ1n) is 7.73. The van der Waals surface area contributed by atoms with Gasteiger partial charge in [0.25, 0.3) is 0 Å². The zero-order valence-corrected chi connectivity index (χ0v) is 13.5. The molecule has 1 aliphatic rings. The third kappa shape index (κ3) is 4.59. The lowest BCUT2D eigenvalue weighted by atomic mass is 10.2. The molecule has 1 saturated heterocycles. The highest BCUT2D eigenvalue weighted by Gasteiger charge is 2.23. The second-order valence-electron chi connectivity index (χ2n) is 4.89. The normalized spacial score (nSPS) is 14.3. The summed E-state index contributed by atoms with van der Waals surface area (Å²) in [6, 6.07) is 5.04. The van der Waals surface area contributed by atoms with Crippen molar-refractivity contribution in [3.8, 4) is 11.5 Å². The molecule has 7 heteroatoms. The quantitative estimate of drug-likeness (QED) is 0.827. The Balaban J connectivity index is 2.04. The van der Waals surface area contributed by atoms with Crippen LogP contribution in [0.2, 0.25) is 0 Å². The summed E-state index contributed by atoms with van der Waals surface area (Å²) in [4.78, 5) is 25.6. The third-order valence-electron chi connectivity index (χ3n) is 3.29. The van der Waals surface area contributed by atoms with E-state index in [1.165, 1.54) is 4.90 Å². The molecule has 1 aliphatic heterocycles. The van der Waals surface area contributed by atoms with Crippen molar-refractivity contribution < 1.29 is 23.8 Å². The van der Waals surface area contributed by atoms with E-state index in [1.807, 2.05) is 13.8 Å². The molecular weight excluding hydrogens is 300 g/mol. The first kappa shape index (κ1) is 17.1. The molecule has 0 unspecified atom stereocenters. The minimum atomic E-state index is -0.668. The van der Waals surface area contributed by atoms with Crippen LogP contribution in [-0.4, -0.2) is 56.2 Å². The predicted molar refractivity (Wildman–Crippen MR) is 84.8 cm³/mol. The molecule has 0 spiro atoms. The fourth-order valence-electron chi connectivity index (χ4n) is 2.22. The first-order valence-corrected chi connectivity index (χ1v) is 7.73. The molecule has 1 aromatic carbocycles. The van der Waals surface area contributed by atoms with E-state index in [0.717, 1.165) is 0 Å². The predicted octanol–water partition coefficient (Wildman–Crippen LogP) is 1.28. The van der Waals surface area contributed by atoms with Crippen molar-refractivity contribution in [2.45, 2.75) is 13.8 Å². The lowest BCUT2D eigenvalue weighted by Crippen LogP contribution is -2.45. The Morgan fingerprint density at radius 3 is 2.43 bits per heavy atom. The lowest BCUT2D eigenvalue weighted by Gasteiger charge is -2.26. The van der Waals surface area contributed by atoms with Gasteiger partial charge in [0.1, 0.15) is 0 Å². The van der Waals surface area contributed by atoms with E-state index in [2.05, 4.69) is 5.32 Å². The summed E-state index contributed by atoms with van der Waals surface area (Å²) in [5.74, 6) is -0.0866. The molecule has 23 heavy (non-hydrogen) atoms. The monoisotopic (exact) mass is 322 g/mol. The number of amides is 2. The van der Waals surface area contributed by atoms with Gasteiger partial charge in [0.2, 0.25) is 0 Å². The highest BCUT2D eigenvalue weighted by molar-refractivity contribution is 6.39. The summed E-state index contributed by atoms with van der Waals surface area (Å²) in [6.07, 6.45) is 0. The Kier molecular flexibility index (Phi) is 6.22. The number of nitrogens with zero attached hydrogens (tertiary/aromatic N) is 1. The van der Waals surface area contributed by atoms with Crippen LogP contribution in [0.5, 0.6) is 11.5 Å². The molecule has 2 amide bonds. The van der Waals surface area contributed by atoms with Crippen LogP contribution < -0.4 is 14.8 Å². The van der Waals surface area contributed by atoms with Crippen LogP contribution in [0.4, 0.5) is 5.69 Å². The molecule has 7 nitrogen and oxygen atoms in total. The van der Waals surface area contributed by atoms with Crippen LogP contribution >= 0.6 is 0 Å². The summed E-state index contributed by atoms with van der Waals surface area (Å²) in [6.45, 7) is 6.51. The number of anilines is 1. The number of rotatable bonds is 5. The standard InChI is InChI=1S/C16H22N2O5/c1-3-22-13-6-5-12(11-14(13)23-4-2)17-15(19)16(20)18-7-9-21-10-8-18/h5-6,11H,3-4,7-10H2,1-2H3,(H,17,19). The number of carbonyl (C=O) groups is 2. The van der Waals surface area contributed by atoms with Crippen LogP contribution in [0.15, 0.2) is 18.2 Å². The Morgan fingerprint density at radius 1 is 1.13 bits per heavy atom. The van der Waals surface area contributed by atoms with Gasteiger partial charge < -0.3 is 24.4 Å². The van der Waals surface area contributed by atoms with Crippen molar-refractivity contribution >= 4 is 17.5 Å². The SMILES string of the molecule is CCOc1ccc(NC(=O)C(=O)N2CCOCC2)cc1OCC. The van der Waals surface area contributed by atoms with Crippen LogP contribution in [0.25, 0.3) is 0 Å². The van der Waals surface area contributed by atoms with Crippen molar-refractivity contribution in [1.82, 2.24) is 4.90 Å². The summed E-state index contributed by atoms with van der Waals surface area (Å²) in [5.41, 5.74) is 0.489. The zero-order valence-electron chi connectivity index (χ0n) is 13.5.